The van der Waals surface area contributed by atoms with Crippen molar-refractivity contribution in [2.45, 2.75) is 25.8 Å². The predicted octanol–water partition coefficient (Wildman–Crippen LogP) is 3.54. The zero-order valence-electron chi connectivity index (χ0n) is 16.4. The van der Waals surface area contributed by atoms with E-state index in [0.717, 1.165) is 37.2 Å². The van der Waals surface area contributed by atoms with Crippen LogP contribution in [0.25, 0.3) is 0 Å². The van der Waals surface area contributed by atoms with Crippen LogP contribution in [0.15, 0.2) is 48.5 Å². The summed E-state index contributed by atoms with van der Waals surface area (Å²) in [5.74, 6) is 0.698. The molecule has 27 heavy (non-hydrogen) atoms. The number of likely N-dealkylation sites (tertiary alicyclic amines) is 1. The minimum Gasteiger partial charge on any atom is -0.495 e. The first-order valence-corrected chi connectivity index (χ1v) is 9.51. The lowest BCUT2D eigenvalue weighted by atomic mass is 10.2. The molecule has 0 aromatic heterocycles. The maximum absolute atomic E-state index is 12.6. The molecule has 144 valence electrons. The molecule has 1 fully saturated rings. The van der Waals surface area contributed by atoms with Gasteiger partial charge in [0.2, 0.25) is 5.91 Å². The van der Waals surface area contributed by atoms with Crippen molar-refractivity contribution in [2.75, 3.05) is 44.0 Å². The first kappa shape index (κ1) is 19.2. The number of carbonyl (C=O) groups is 1. The number of hydrogen-bond acceptors (Lipinski definition) is 4. The molecule has 1 atom stereocenters. The summed E-state index contributed by atoms with van der Waals surface area (Å²) in [6, 6.07) is 16.6. The van der Waals surface area contributed by atoms with Crippen LogP contribution < -0.4 is 15.0 Å². The average Bonchev–Trinajstić information content (AvgIpc) is 3.09. The molecule has 1 saturated heterocycles. The van der Waals surface area contributed by atoms with Crippen LogP contribution in [0.3, 0.4) is 0 Å². The van der Waals surface area contributed by atoms with Crippen molar-refractivity contribution in [1.29, 1.82) is 0 Å². The van der Waals surface area contributed by atoms with E-state index >= 15 is 0 Å². The monoisotopic (exact) mass is 367 g/mol. The second-order valence-electron chi connectivity index (χ2n) is 7.23. The molecule has 5 heteroatoms. The molecule has 2 aromatic carbocycles. The Hall–Kier alpha value is -2.53. The maximum Gasteiger partial charge on any atom is 0.238 e. The number of anilines is 2. The average molecular weight is 367 g/mol. The number of hydrogen-bond donors (Lipinski definition) is 1. The van der Waals surface area contributed by atoms with Crippen LogP contribution >= 0.6 is 0 Å². The van der Waals surface area contributed by atoms with Crippen molar-refractivity contribution >= 4 is 17.3 Å². The van der Waals surface area contributed by atoms with Crippen molar-refractivity contribution in [3.63, 3.8) is 0 Å². The van der Waals surface area contributed by atoms with E-state index in [4.69, 9.17) is 4.74 Å². The van der Waals surface area contributed by atoms with Gasteiger partial charge in [-0.05, 0) is 56.1 Å². The summed E-state index contributed by atoms with van der Waals surface area (Å²) < 4.78 is 5.36. The normalized spacial score (nSPS) is 16.9. The fourth-order valence-electron chi connectivity index (χ4n) is 3.71. The topological polar surface area (TPSA) is 44.8 Å². The Morgan fingerprint density at radius 3 is 2.78 bits per heavy atom. The van der Waals surface area contributed by atoms with Gasteiger partial charge in [-0.3, -0.25) is 9.69 Å². The fraction of sp³-hybridized carbons (Fsp3) is 0.409. The van der Waals surface area contributed by atoms with Gasteiger partial charge in [0.05, 0.1) is 19.3 Å². The Kier molecular flexibility index (Phi) is 6.35. The highest BCUT2D eigenvalue weighted by Gasteiger charge is 2.27. The molecule has 1 N–H and O–H groups in total. The number of nitrogens with zero attached hydrogens (tertiary/aromatic N) is 2. The number of benzene rings is 2. The lowest BCUT2D eigenvalue weighted by Gasteiger charge is -2.29. The van der Waals surface area contributed by atoms with E-state index in [1.807, 2.05) is 31.2 Å². The molecule has 1 amide bonds. The first-order chi connectivity index (χ1) is 13.1. The Labute approximate surface area is 161 Å². The van der Waals surface area contributed by atoms with E-state index in [9.17, 15) is 4.79 Å². The van der Waals surface area contributed by atoms with Gasteiger partial charge < -0.3 is 15.0 Å². The molecule has 3 rings (SSSR count). The van der Waals surface area contributed by atoms with E-state index in [2.05, 4.69) is 46.4 Å². The Bertz CT molecular complexity index is 763. The van der Waals surface area contributed by atoms with Crippen molar-refractivity contribution < 1.29 is 9.53 Å². The molecule has 1 aliphatic rings. The van der Waals surface area contributed by atoms with Gasteiger partial charge in [-0.2, -0.15) is 0 Å². The molecular formula is C22H29N3O2. The van der Waals surface area contributed by atoms with Gasteiger partial charge >= 0.3 is 0 Å². The minimum atomic E-state index is 0.00756. The number of likely N-dealkylation sites (N-methyl/N-ethyl adjacent to an activating group) is 1. The van der Waals surface area contributed by atoms with Gasteiger partial charge in [0.25, 0.3) is 0 Å². The summed E-state index contributed by atoms with van der Waals surface area (Å²) in [7, 11) is 3.74. The lowest BCUT2D eigenvalue weighted by molar-refractivity contribution is -0.117. The van der Waals surface area contributed by atoms with Crippen LogP contribution in [0.1, 0.15) is 18.4 Å². The van der Waals surface area contributed by atoms with Crippen LogP contribution in [0, 0.1) is 6.92 Å². The van der Waals surface area contributed by atoms with E-state index in [1.165, 1.54) is 5.69 Å². The van der Waals surface area contributed by atoms with Gasteiger partial charge in [-0.15, -0.1) is 0 Å². The number of carbonyl (C=O) groups excluding carboxylic acids is 1. The third-order valence-corrected chi connectivity index (χ3v) is 5.16. The second-order valence-corrected chi connectivity index (χ2v) is 7.23. The van der Waals surface area contributed by atoms with E-state index in [0.29, 0.717) is 18.3 Å². The quantitative estimate of drug-likeness (QED) is 0.813. The molecule has 0 bridgehead atoms. The largest absolute Gasteiger partial charge is 0.495 e. The lowest BCUT2D eigenvalue weighted by Crippen LogP contribution is -2.42. The molecule has 5 nitrogen and oxygen atoms in total. The fourth-order valence-corrected chi connectivity index (χ4v) is 3.71. The van der Waals surface area contributed by atoms with Crippen molar-refractivity contribution in [2.24, 2.45) is 0 Å². The highest BCUT2D eigenvalue weighted by atomic mass is 16.5. The molecule has 0 aliphatic carbocycles. The second kappa shape index (κ2) is 8.91. The van der Waals surface area contributed by atoms with E-state index in [-0.39, 0.29) is 5.91 Å². The molecule has 0 saturated carbocycles. The van der Waals surface area contributed by atoms with Crippen LogP contribution in [0.4, 0.5) is 11.4 Å². The molecule has 1 aliphatic heterocycles. The van der Waals surface area contributed by atoms with Gasteiger partial charge in [0.15, 0.2) is 0 Å². The maximum atomic E-state index is 12.6. The van der Waals surface area contributed by atoms with Gasteiger partial charge in [0, 0.05) is 25.3 Å². The Balaban J connectivity index is 1.59. The Morgan fingerprint density at radius 2 is 2.04 bits per heavy atom. The number of amides is 1. The van der Waals surface area contributed by atoms with Gasteiger partial charge in [0.1, 0.15) is 5.75 Å². The van der Waals surface area contributed by atoms with Crippen molar-refractivity contribution in [1.82, 2.24) is 4.90 Å². The zero-order chi connectivity index (χ0) is 19.2. The molecule has 0 unspecified atom stereocenters. The van der Waals surface area contributed by atoms with Crippen LogP contribution in [0.5, 0.6) is 5.75 Å². The smallest absolute Gasteiger partial charge is 0.238 e. The van der Waals surface area contributed by atoms with Gasteiger partial charge in [-0.25, -0.2) is 0 Å². The summed E-state index contributed by atoms with van der Waals surface area (Å²) in [6.07, 6.45) is 2.26. The molecular weight excluding hydrogens is 338 g/mol. The number of nitrogens with one attached hydrogen (secondary N) is 1. The predicted molar refractivity (Wildman–Crippen MR) is 111 cm³/mol. The third kappa shape index (κ3) is 5.01. The molecule has 1 heterocycles. The summed E-state index contributed by atoms with van der Waals surface area (Å²) in [4.78, 5) is 17.2. The first-order valence-electron chi connectivity index (χ1n) is 9.51. The highest BCUT2D eigenvalue weighted by molar-refractivity contribution is 5.93. The van der Waals surface area contributed by atoms with E-state index < -0.39 is 0 Å². The van der Waals surface area contributed by atoms with Crippen molar-refractivity contribution in [3.8, 4) is 5.75 Å². The number of ether oxygens (including phenoxy) is 1. The van der Waals surface area contributed by atoms with Crippen molar-refractivity contribution in [3.05, 3.63) is 54.1 Å². The standard InChI is InChI=1S/C22H29N3O2/c1-17-11-12-21(27-3)20(14-17)23-22(26)16-25-13-7-10-19(25)15-24(2)18-8-5-4-6-9-18/h4-6,8-9,11-12,14,19H,7,10,13,15-16H2,1-3H3,(H,23,26)/t19-/m1/s1. The summed E-state index contributed by atoms with van der Waals surface area (Å²) >= 11 is 0. The number of para-hydroxylation sites is 1. The summed E-state index contributed by atoms with van der Waals surface area (Å²) in [5, 5.41) is 3.02. The van der Waals surface area contributed by atoms with Crippen LogP contribution in [-0.2, 0) is 4.79 Å². The third-order valence-electron chi connectivity index (χ3n) is 5.16. The molecule has 0 radical (unpaired) electrons. The molecule has 2 aromatic rings. The van der Waals surface area contributed by atoms with Crippen LogP contribution in [0.2, 0.25) is 0 Å². The highest BCUT2D eigenvalue weighted by Crippen LogP contribution is 2.26. The van der Waals surface area contributed by atoms with Crippen LogP contribution in [-0.4, -0.2) is 50.6 Å². The minimum absolute atomic E-state index is 0.00756. The number of aryl methyl sites for hydroxylation is 1. The van der Waals surface area contributed by atoms with E-state index in [1.54, 1.807) is 7.11 Å². The SMILES string of the molecule is COc1ccc(C)cc1NC(=O)CN1CCC[C@@H]1CN(C)c1ccccc1. The number of rotatable bonds is 7. The molecule has 0 spiro atoms. The summed E-state index contributed by atoms with van der Waals surface area (Å²) in [6.45, 7) is 4.30. The van der Waals surface area contributed by atoms with Gasteiger partial charge in [-0.1, -0.05) is 24.3 Å². The summed E-state index contributed by atoms with van der Waals surface area (Å²) in [5.41, 5.74) is 3.03. The zero-order valence-corrected chi connectivity index (χ0v) is 16.4. The Morgan fingerprint density at radius 1 is 1.26 bits per heavy atom. The number of methoxy groups -OCH3 is 1.